The van der Waals surface area contributed by atoms with E-state index in [9.17, 15) is 9.46 Å². The van der Waals surface area contributed by atoms with Crippen LogP contribution < -0.4 is 9.98 Å². The number of nitrogens with one attached hydrogen (secondary N) is 1. The standard InChI is InChI=1S/C10H14NO2P/c1-10(2,3)8-4-6-9(7-5-8)11-14(12)13/h4-7H,1-3H3,(H,11,12,13). The fourth-order valence-electron chi connectivity index (χ4n) is 1.15. The summed E-state index contributed by atoms with van der Waals surface area (Å²) in [6.45, 7) is 6.34. The van der Waals surface area contributed by atoms with Crippen molar-refractivity contribution >= 4 is 13.9 Å². The maximum Gasteiger partial charge on any atom is 0.437 e. The third-order valence-electron chi connectivity index (χ3n) is 1.97. The molecule has 1 aromatic carbocycles. The summed E-state index contributed by atoms with van der Waals surface area (Å²) < 4.78 is 10.4. The second-order valence-corrected chi connectivity index (χ2v) is 4.93. The highest BCUT2D eigenvalue weighted by Crippen LogP contribution is 2.24. The molecule has 1 atom stereocenters. The number of rotatable bonds is 2. The van der Waals surface area contributed by atoms with Gasteiger partial charge in [-0.3, -0.25) is 0 Å². The molecule has 0 aromatic heterocycles. The normalized spacial score (nSPS) is 12.4. The third kappa shape index (κ3) is 3.09. The van der Waals surface area contributed by atoms with E-state index in [0.717, 1.165) is 0 Å². The van der Waals surface area contributed by atoms with E-state index in [1.54, 1.807) is 12.1 Å². The molecule has 0 saturated carbocycles. The number of anilines is 1. The lowest BCUT2D eigenvalue weighted by Crippen LogP contribution is -2.10. The minimum Gasteiger partial charge on any atom is -0.573 e. The summed E-state index contributed by atoms with van der Waals surface area (Å²) in [6, 6.07) is 7.40. The molecule has 76 valence electrons. The second kappa shape index (κ2) is 4.07. The van der Waals surface area contributed by atoms with E-state index in [4.69, 9.17) is 0 Å². The maximum atomic E-state index is 10.4. The maximum absolute atomic E-state index is 10.4. The summed E-state index contributed by atoms with van der Waals surface area (Å²) in [5.74, 6) is 0. The summed E-state index contributed by atoms with van der Waals surface area (Å²) in [5, 5.41) is 2.34. The van der Waals surface area contributed by atoms with Gasteiger partial charge in [-0.15, -0.1) is 0 Å². The Kier molecular flexibility index (Phi) is 3.25. The minimum atomic E-state index is -2.56. The van der Waals surface area contributed by atoms with Gasteiger partial charge in [0.1, 0.15) is 0 Å². The Labute approximate surface area is 85.1 Å². The summed E-state index contributed by atoms with van der Waals surface area (Å²) in [6.07, 6.45) is 0. The van der Waals surface area contributed by atoms with Gasteiger partial charge < -0.3 is 4.89 Å². The van der Waals surface area contributed by atoms with Crippen molar-refractivity contribution in [1.82, 2.24) is 0 Å². The molecule has 1 N–H and O–H groups in total. The van der Waals surface area contributed by atoms with E-state index in [-0.39, 0.29) is 5.41 Å². The fourth-order valence-corrected chi connectivity index (χ4v) is 1.51. The Morgan fingerprint density at radius 3 is 2.07 bits per heavy atom. The number of benzene rings is 1. The average Bonchev–Trinajstić information content (AvgIpc) is 2.02. The van der Waals surface area contributed by atoms with Gasteiger partial charge in [0.2, 0.25) is 0 Å². The quantitative estimate of drug-likeness (QED) is 0.764. The van der Waals surface area contributed by atoms with Crippen molar-refractivity contribution < 1.29 is 9.46 Å². The van der Waals surface area contributed by atoms with Gasteiger partial charge in [-0.2, -0.15) is 5.09 Å². The monoisotopic (exact) mass is 211 g/mol. The van der Waals surface area contributed by atoms with Crippen molar-refractivity contribution in [1.29, 1.82) is 0 Å². The molecule has 0 fully saturated rings. The van der Waals surface area contributed by atoms with Crippen LogP contribution in [0, 0.1) is 0 Å². The van der Waals surface area contributed by atoms with Crippen molar-refractivity contribution in [3.05, 3.63) is 29.8 Å². The molecular weight excluding hydrogens is 197 g/mol. The van der Waals surface area contributed by atoms with Gasteiger partial charge in [0.25, 0.3) is 0 Å². The van der Waals surface area contributed by atoms with Crippen LogP contribution in [0.4, 0.5) is 5.69 Å². The molecule has 0 aliphatic carbocycles. The molecule has 0 amide bonds. The van der Waals surface area contributed by atoms with E-state index < -0.39 is 8.18 Å². The lowest BCUT2D eigenvalue weighted by Gasteiger charge is -2.18. The number of hydrogen-bond donors (Lipinski definition) is 1. The molecule has 0 spiro atoms. The molecule has 0 saturated heterocycles. The van der Waals surface area contributed by atoms with Crippen LogP contribution in [-0.2, 0) is 9.98 Å². The zero-order valence-electron chi connectivity index (χ0n) is 8.57. The van der Waals surface area contributed by atoms with Crippen LogP contribution in [0.5, 0.6) is 0 Å². The lowest BCUT2D eigenvalue weighted by molar-refractivity contribution is -0.162. The highest BCUT2D eigenvalue weighted by Gasteiger charge is 2.13. The van der Waals surface area contributed by atoms with Gasteiger partial charge in [-0.1, -0.05) is 32.9 Å². The first-order valence-electron chi connectivity index (χ1n) is 4.41. The molecule has 0 aliphatic heterocycles. The Bertz CT molecular complexity index is 327. The first kappa shape index (κ1) is 11.2. The molecule has 0 heterocycles. The average molecular weight is 211 g/mol. The van der Waals surface area contributed by atoms with E-state index in [0.29, 0.717) is 5.69 Å². The lowest BCUT2D eigenvalue weighted by atomic mass is 9.87. The van der Waals surface area contributed by atoms with Crippen molar-refractivity contribution in [3.8, 4) is 0 Å². The zero-order chi connectivity index (χ0) is 10.8. The molecule has 0 bridgehead atoms. The van der Waals surface area contributed by atoms with Crippen LogP contribution in [0.2, 0.25) is 0 Å². The molecule has 1 rings (SSSR count). The van der Waals surface area contributed by atoms with E-state index in [1.165, 1.54) is 5.56 Å². The summed E-state index contributed by atoms with van der Waals surface area (Å²) in [7, 11) is -2.56. The third-order valence-corrected chi connectivity index (χ3v) is 2.41. The van der Waals surface area contributed by atoms with Crippen LogP contribution in [0.25, 0.3) is 0 Å². The van der Waals surface area contributed by atoms with Gasteiger partial charge in [0, 0.05) is 0 Å². The predicted octanol–water partition coefficient (Wildman–Crippen LogP) is 2.41. The Balaban J connectivity index is 2.84. The fraction of sp³-hybridized carbons (Fsp3) is 0.400. The van der Waals surface area contributed by atoms with Gasteiger partial charge in [-0.25, -0.2) is 0 Å². The molecule has 1 aromatic rings. The Hall–Kier alpha value is -0.920. The van der Waals surface area contributed by atoms with Crippen molar-refractivity contribution in [2.75, 3.05) is 5.09 Å². The first-order chi connectivity index (χ1) is 6.39. The zero-order valence-corrected chi connectivity index (χ0v) is 9.47. The summed E-state index contributed by atoms with van der Waals surface area (Å²) >= 11 is 0. The SMILES string of the molecule is CC(C)(C)c1ccc(N[P+](=O)[O-])cc1. The van der Waals surface area contributed by atoms with E-state index in [1.807, 2.05) is 12.1 Å². The van der Waals surface area contributed by atoms with Crippen LogP contribution in [0.3, 0.4) is 0 Å². The molecule has 0 aliphatic rings. The van der Waals surface area contributed by atoms with Gasteiger partial charge >= 0.3 is 8.18 Å². The van der Waals surface area contributed by atoms with Crippen molar-refractivity contribution in [2.24, 2.45) is 0 Å². The highest BCUT2D eigenvalue weighted by atomic mass is 31.1. The van der Waals surface area contributed by atoms with E-state index in [2.05, 4.69) is 25.9 Å². The molecular formula is C10H14NO2P. The molecule has 0 radical (unpaired) electrons. The first-order valence-corrected chi connectivity index (χ1v) is 5.59. The van der Waals surface area contributed by atoms with E-state index >= 15 is 0 Å². The molecule has 1 unspecified atom stereocenters. The molecule has 4 heteroatoms. The largest absolute Gasteiger partial charge is 0.573 e. The number of hydrogen-bond acceptors (Lipinski definition) is 2. The smallest absolute Gasteiger partial charge is 0.437 e. The second-order valence-electron chi connectivity index (χ2n) is 4.20. The highest BCUT2D eigenvalue weighted by molar-refractivity contribution is 7.38. The van der Waals surface area contributed by atoms with Gasteiger partial charge in [0.05, 0.1) is 5.69 Å². The van der Waals surface area contributed by atoms with Crippen molar-refractivity contribution in [2.45, 2.75) is 26.2 Å². The summed E-state index contributed by atoms with van der Waals surface area (Å²) in [5.41, 5.74) is 1.89. The topological polar surface area (TPSA) is 52.2 Å². The van der Waals surface area contributed by atoms with Crippen LogP contribution in [0.1, 0.15) is 26.3 Å². The molecule has 14 heavy (non-hydrogen) atoms. The predicted molar refractivity (Wildman–Crippen MR) is 56.4 cm³/mol. The molecule has 3 nitrogen and oxygen atoms in total. The van der Waals surface area contributed by atoms with Crippen LogP contribution >= 0.6 is 8.18 Å². The minimum absolute atomic E-state index is 0.0954. The summed E-state index contributed by atoms with van der Waals surface area (Å²) in [4.78, 5) is 10.4. The van der Waals surface area contributed by atoms with Gasteiger partial charge in [0.15, 0.2) is 0 Å². The Morgan fingerprint density at radius 1 is 1.21 bits per heavy atom. The van der Waals surface area contributed by atoms with Crippen LogP contribution in [-0.4, -0.2) is 0 Å². The van der Waals surface area contributed by atoms with Gasteiger partial charge in [-0.05, 0) is 27.7 Å². The van der Waals surface area contributed by atoms with Crippen molar-refractivity contribution in [3.63, 3.8) is 0 Å². The van der Waals surface area contributed by atoms with Crippen LogP contribution in [0.15, 0.2) is 24.3 Å². The Morgan fingerprint density at radius 2 is 1.71 bits per heavy atom.